The Balaban J connectivity index is 1.56. The first-order chi connectivity index (χ1) is 20.0. The lowest BCUT2D eigenvalue weighted by Crippen LogP contribution is -2.52. The van der Waals surface area contributed by atoms with Crippen molar-refractivity contribution in [2.75, 3.05) is 40.0 Å². The Bertz CT molecular complexity index is 1260. The van der Waals surface area contributed by atoms with Gasteiger partial charge in [0.1, 0.15) is 11.9 Å². The Morgan fingerprint density at radius 2 is 1.86 bits per heavy atom. The van der Waals surface area contributed by atoms with E-state index in [1.807, 2.05) is 44.2 Å². The van der Waals surface area contributed by atoms with Gasteiger partial charge in [0.2, 0.25) is 10.0 Å². The molecule has 4 rings (SSSR count). The third kappa shape index (κ3) is 8.21. The number of fused-ring (bicyclic) bond motifs is 1. The standard InChI is InChI=1S/C30H42N2O9S/c1-30(2,14-15-33)20-32(42(36,37)23-11-9-22(38-3)10-12-23)18-26(34)25(17-21-7-5-4-6-8-21)31-29(35)41-27-19-40-28-24(27)13-16-39-28/h4-12,24-28,33-34H,13-20H2,1-3H3,(H,31,35)/t24-,25-,26+,27?,28+/m0/s1. The van der Waals surface area contributed by atoms with Crippen LogP contribution in [0, 0.1) is 11.3 Å². The van der Waals surface area contributed by atoms with Gasteiger partial charge in [0, 0.05) is 19.7 Å². The van der Waals surface area contributed by atoms with Gasteiger partial charge in [-0.05, 0) is 54.5 Å². The number of hydrogen-bond donors (Lipinski definition) is 3. The first-order valence-corrected chi connectivity index (χ1v) is 15.6. The van der Waals surface area contributed by atoms with Crippen molar-refractivity contribution < 1.29 is 42.4 Å². The fraction of sp³-hybridized carbons (Fsp3) is 0.567. The lowest BCUT2D eigenvalue weighted by atomic mass is 9.89. The van der Waals surface area contributed by atoms with E-state index in [0.717, 1.165) is 12.0 Å². The summed E-state index contributed by atoms with van der Waals surface area (Å²) in [5, 5.41) is 23.9. The summed E-state index contributed by atoms with van der Waals surface area (Å²) in [5.41, 5.74) is 0.248. The highest BCUT2D eigenvalue weighted by atomic mass is 32.2. The molecule has 0 spiro atoms. The number of amides is 1. The molecule has 0 aliphatic carbocycles. The molecule has 0 aromatic heterocycles. The molecule has 1 unspecified atom stereocenters. The molecule has 0 bridgehead atoms. The molecule has 0 saturated carbocycles. The third-order valence-electron chi connectivity index (χ3n) is 7.79. The van der Waals surface area contributed by atoms with Crippen LogP contribution in [-0.2, 0) is 30.7 Å². The maximum absolute atomic E-state index is 13.9. The van der Waals surface area contributed by atoms with Gasteiger partial charge in [-0.15, -0.1) is 0 Å². The van der Waals surface area contributed by atoms with Gasteiger partial charge in [-0.1, -0.05) is 44.2 Å². The number of alkyl carbamates (subject to hydrolysis) is 1. The van der Waals surface area contributed by atoms with Crippen LogP contribution < -0.4 is 10.1 Å². The number of ether oxygens (including phenoxy) is 4. The Morgan fingerprint density at radius 1 is 1.14 bits per heavy atom. The van der Waals surface area contributed by atoms with E-state index < -0.39 is 39.8 Å². The van der Waals surface area contributed by atoms with Crippen molar-refractivity contribution >= 4 is 16.1 Å². The molecule has 5 atom stereocenters. The molecule has 42 heavy (non-hydrogen) atoms. The number of nitrogens with zero attached hydrogens (tertiary/aromatic N) is 1. The minimum Gasteiger partial charge on any atom is -0.497 e. The minimum absolute atomic E-state index is 0.0317. The molecule has 2 aromatic rings. The van der Waals surface area contributed by atoms with Crippen molar-refractivity contribution in [3.8, 4) is 5.75 Å². The summed E-state index contributed by atoms with van der Waals surface area (Å²) in [6.07, 6.45) is -1.56. The van der Waals surface area contributed by atoms with Crippen LogP contribution in [0.5, 0.6) is 5.75 Å². The number of rotatable bonds is 14. The van der Waals surface area contributed by atoms with Gasteiger partial charge in [-0.3, -0.25) is 0 Å². The van der Waals surface area contributed by atoms with Crippen LogP contribution in [0.4, 0.5) is 4.79 Å². The Kier molecular flexibility index (Phi) is 10.8. The normalized spacial score (nSPS) is 22.0. The lowest BCUT2D eigenvalue weighted by Gasteiger charge is -2.35. The van der Waals surface area contributed by atoms with Crippen LogP contribution in [0.25, 0.3) is 0 Å². The summed E-state index contributed by atoms with van der Waals surface area (Å²) >= 11 is 0. The molecule has 2 fully saturated rings. The van der Waals surface area contributed by atoms with Crippen molar-refractivity contribution in [3.05, 3.63) is 60.2 Å². The number of nitrogens with one attached hydrogen (secondary N) is 1. The van der Waals surface area contributed by atoms with E-state index in [1.165, 1.54) is 23.5 Å². The first-order valence-electron chi connectivity index (χ1n) is 14.2. The van der Waals surface area contributed by atoms with E-state index in [2.05, 4.69) is 5.32 Å². The van der Waals surface area contributed by atoms with Crippen LogP contribution in [0.15, 0.2) is 59.5 Å². The number of carbonyl (C=O) groups is 1. The van der Waals surface area contributed by atoms with Crippen molar-refractivity contribution in [2.45, 2.75) is 62.5 Å². The van der Waals surface area contributed by atoms with Gasteiger partial charge < -0.3 is 34.5 Å². The van der Waals surface area contributed by atoms with Gasteiger partial charge in [0.25, 0.3) is 0 Å². The fourth-order valence-corrected chi connectivity index (χ4v) is 7.01. The summed E-state index contributed by atoms with van der Waals surface area (Å²) in [5.74, 6) is 0.460. The topological polar surface area (TPSA) is 144 Å². The van der Waals surface area contributed by atoms with Gasteiger partial charge in [0.05, 0.1) is 43.3 Å². The van der Waals surface area contributed by atoms with E-state index in [-0.39, 0.29) is 49.8 Å². The highest BCUT2D eigenvalue weighted by Crippen LogP contribution is 2.33. The molecular weight excluding hydrogens is 564 g/mol. The number of aliphatic hydroxyl groups excluding tert-OH is 2. The monoisotopic (exact) mass is 606 g/mol. The average Bonchev–Trinajstić information content (AvgIpc) is 3.58. The van der Waals surface area contributed by atoms with Crippen molar-refractivity contribution in [2.24, 2.45) is 11.3 Å². The van der Waals surface area contributed by atoms with Crippen molar-refractivity contribution in [1.29, 1.82) is 0 Å². The van der Waals surface area contributed by atoms with Gasteiger partial charge in [0.15, 0.2) is 6.29 Å². The minimum atomic E-state index is -4.07. The third-order valence-corrected chi connectivity index (χ3v) is 9.62. The zero-order chi connectivity index (χ0) is 30.3. The maximum atomic E-state index is 13.9. The maximum Gasteiger partial charge on any atom is 0.407 e. The van der Waals surface area contributed by atoms with E-state index in [0.29, 0.717) is 18.8 Å². The molecule has 232 valence electrons. The Morgan fingerprint density at radius 3 is 2.52 bits per heavy atom. The summed E-state index contributed by atoms with van der Waals surface area (Å²) in [6, 6.07) is 14.5. The smallest absolute Gasteiger partial charge is 0.407 e. The number of sulfonamides is 1. The second-order valence-electron chi connectivity index (χ2n) is 11.6. The average molecular weight is 607 g/mol. The molecule has 2 aliphatic heterocycles. The highest BCUT2D eigenvalue weighted by molar-refractivity contribution is 7.89. The largest absolute Gasteiger partial charge is 0.497 e. The second kappa shape index (κ2) is 14.2. The molecule has 1 amide bonds. The van der Waals surface area contributed by atoms with E-state index in [9.17, 15) is 23.4 Å². The Labute approximate surface area is 247 Å². The second-order valence-corrected chi connectivity index (χ2v) is 13.5. The van der Waals surface area contributed by atoms with Crippen LogP contribution in [0.1, 0.15) is 32.3 Å². The number of carbonyl (C=O) groups excluding carboxylic acids is 1. The highest BCUT2D eigenvalue weighted by Gasteiger charge is 2.44. The van der Waals surface area contributed by atoms with Crippen molar-refractivity contribution in [1.82, 2.24) is 9.62 Å². The summed E-state index contributed by atoms with van der Waals surface area (Å²) < 4.78 is 50.9. The zero-order valence-electron chi connectivity index (χ0n) is 24.3. The lowest BCUT2D eigenvalue weighted by molar-refractivity contribution is -0.0907. The fourth-order valence-electron chi connectivity index (χ4n) is 5.36. The predicted molar refractivity (Wildman–Crippen MR) is 154 cm³/mol. The van der Waals surface area contributed by atoms with E-state index >= 15 is 0 Å². The molecule has 3 N–H and O–H groups in total. The molecule has 2 aliphatic rings. The van der Waals surface area contributed by atoms with E-state index in [4.69, 9.17) is 18.9 Å². The molecule has 2 heterocycles. The van der Waals surface area contributed by atoms with Gasteiger partial charge >= 0.3 is 6.09 Å². The van der Waals surface area contributed by atoms with Crippen LogP contribution in [-0.4, -0.2) is 93.6 Å². The predicted octanol–water partition coefficient (Wildman–Crippen LogP) is 2.55. The first kappa shape index (κ1) is 32.2. The molecule has 0 radical (unpaired) electrons. The number of hydrogen-bond acceptors (Lipinski definition) is 9. The number of methoxy groups -OCH3 is 1. The SMILES string of the molecule is COc1ccc(S(=O)(=O)N(C[C@@H](O)[C@H](Cc2ccccc2)NC(=O)OC2CO[C@H]3OCC[C@@H]23)CC(C)(C)CCO)cc1. The van der Waals surface area contributed by atoms with Gasteiger partial charge in [-0.2, -0.15) is 4.31 Å². The molecular formula is C30H42N2O9S. The molecule has 12 heteroatoms. The number of aliphatic hydroxyl groups is 2. The summed E-state index contributed by atoms with van der Waals surface area (Å²) in [4.78, 5) is 13.1. The quantitative estimate of drug-likeness (QED) is 0.296. The van der Waals surface area contributed by atoms with Crippen LogP contribution in [0.2, 0.25) is 0 Å². The number of benzene rings is 2. The van der Waals surface area contributed by atoms with Crippen LogP contribution >= 0.6 is 0 Å². The summed E-state index contributed by atoms with van der Waals surface area (Å²) in [7, 11) is -2.58. The zero-order valence-corrected chi connectivity index (χ0v) is 25.2. The molecule has 2 saturated heterocycles. The van der Waals surface area contributed by atoms with Gasteiger partial charge in [-0.25, -0.2) is 13.2 Å². The van der Waals surface area contributed by atoms with Crippen LogP contribution in [0.3, 0.4) is 0 Å². The molecule has 11 nitrogen and oxygen atoms in total. The summed E-state index contributed by atoms with van der Waals surface area (Å²) in [6.45, 7) is 4.09. The van der Waals surface area contributed by atoms with E-state index in [1.54, 1.807) is 12.1 Å². The molecule has 2 aromatic carbocycles. The van der Waals surface area contributed by atoms with Crippen molar-refractivity contribution in [3.63, 3.8) is 0 Å². The Hall–Kier alpha value is -2.74.